The lowest BCUT2D eigenvalue weighted by Crippen LogP contribution is -2.45. The Kier molecular flexibility index (Phi) is 9.66. The van der Waals surface area contributed by atoms with Gasteiger partial charge < -0.3 is 19.7 Å². The van der Waals surface area contributed by atoms with Gasteiger partial charge in [0.1, 0.15) is 6.61 Å². The quantitative estimate of drug-likeness (QED) is 0.536. The van der Waals surface area contributed by atoms with Gasteiger partial charge in [-0.05, 0) is 27.7 Å². The maximum absolute atomic E-state index is 11.7. The standard InChI is InChI=1S/C14H24N2O5/c1-5-16(6-2)14(19)15-11(4)10-21-13(18)9-8-12(17)20-7-3/h8-9,11H,5-7,10H2,1-4H3,(H,15,19). The van der Waals surface area contributed by atoms with Crippen molar-refractivity contribution in [2.75, 3.05) is 26.3 Å². The van der Waals surface area contributed by atoms with Crippen LogP contribution in [0.3, 0.4) is 0 Å². The Morgan fingerprint density at radius 1 is 1.05 bits per heavy atom. The van der Waals surface area contributed by atoms with E-state index in [-0.39, 0.29) is 25.3 Å². The summed E-state index contributed by atoms with van der Waals surface area (Å²) < 4.78 is 9.54. The number of nitrogens with one attached hydrogen (secondary N) is 1. The Morgan fingerprint density at radius 2 is 1.57 bits per heavy atom. The molecule has 0 bridgehead atoms. The molecule has 0 aromatic carbocycles. The van der Waals surface area contributed by atoms with Gasteiger partial charge in [0.2, 0.25) is 0 Å². The van der Waals surface area contributed by atoms with Crippen LogP contribution in [0, 0.1) is 0 Å². The first-order valence-electron chi connectivity index (χ1n) is 7.01. The highest BCUT2D eigenvalue weighted by Crippen LogP contribution is 1.93. The van der Waals surface area contributed by atoms with E-state index < -0.39 is 11.9 Å². The van der Waals surface area contributed by atoms with Crippen LogP contribution in [0.15, 0.2) is 12.2 Å². The van der Waals surface area contributed by atoms with Crippen LogP contribution in [0.4, 0.5) is 4.79 Å². The molecule has 0 fully saturated rings. The molecule has 0 saturated heterocycles. The molecule has 0 heterocycles. The largest absolute Gasteiger partial charge is 0.463 e. The van der Waals surface area contributed by atoms with Crippen molar-refractivity contribution in [3.63, 3.8) is 0 Å². The molecule has 7 nitrogen and oxygen atoms in total. The fourth-order valence-electron chi connectivity index (χ4n) is 1.44. The minimum atomic E-state index is -0.660. The van der Waals surface area contributed by atoms with Crippen LogP contribution in [0.2, 0.25) is 0 Å². The first-order chi connectivity index (χ1) is 9.94. The van der Waals surface area contributed by atoms with Crippen LogP contribution in [-0.2, 0) is 19.1 Å². The van der Waals surface area contributed by atoms with Crippen LogP contribution in [0.5, 0.6) is 0 Å². The Labute approximate surface area is 125 Å². The summed E-state index contributed by atoms with van der Waals surface area (Å²) in [6.45, 7) is 8.65. The number of hydrogen-bond acceptors (Lipinski definition) is 5. The third-order valence-corrected chi connectivity index (χ3v) is 2.54. The van der Waals surface area contributed by atoms with E-state index in [2.05, 4.69) is 10.1 Å². The van der Waals surface area contributed by atoms with E-state index in [1.54, 1.807) is 18.7 Å². The normalized spacial score (nSPS) is 11.8. The molecule has 0 saturated carbocycles. The lowest BCUT2D eigenvalue weighted by atomic mass is 10.3. The van der Waals surface area contributed by atoms with Gasteiger partial charge in [0, 0.05) is 25.2 Å². The monoisotopic (exact) mass is 300 g/mol. The van der Waals surface area contributed by atoms with Gasteiger partial charge in [-0.1, -0.05) is 0 Å². The molecule has 0 aromatic rings. The van der Waals surface area contributed by atoms with Gasteiger partial charge in [0.15, 0.2) is 0 Å². The summed E-state index contributed by atoms with van der Waals surface area (Å²) in [5.41, 5.74) is 0. The van der Waals surface area contributed by atoms with Crippen molar-refractivity contribution in [2.24, 2.45) is 0 Å². The number of esters is 2. The predicted molar refractivity (Wildman–Crippen MR) is 77.6 cm³/mol. The van der Waals surface area contributed by atoms with E-state index in [0.29, 0.717) is 13.1 Å². The highest BCUT2D eigenvalue weighted by Gasteiger charge is 2.13. The summed E-state index contributed by atoms with van der Waals surface area (Å²) in [7, 11) is 0. The zero-order valence-electron chi connectivity index (χ0n) is 13.0. The van der Waals surface area contributed by atoms with Gasteiger partial charge in [0.05, 0.1) is 12.6 Å². The molecule has 1 atom stereocenters. The summed E-state index contributed by atoms with van der Waals surface area (Å²) in [6, 6.07) is -0.524. The summed E-state index contributed by atoms with van der Waals surface area (Å²) >= 11 is 0. The molecule has 0 spiro atoms. The zero-order valence-corrected chi connectivity index (χ0v) is 13.0. The maximum atomic E-state index is 11.7. The molecule has 0 aliphatic carbocycles. The first kappa shape index (κ1) is 18.9. The summed E-state index contributed by atoms with van der Waals surface area (Å²) in [5.74, 6) is -1.26. The number of rotatable bonds is 8. The topological polar surface area (TPSA) is 84.9 Å². The van der Waals surface area contributed by atoms with Crippen molar-refractivity contribution >= 4 is 18.0 Å². The summed E-state index contributed by atoms with van der Waals surface area (Å²) in [6.07, 6.45) is 2.00. The van der Waals surface area contributed by atoms with E-state index in [1.165, 1.54) is 0 Å². The number of carbonyl (C=O) groups excluding carboxylic acids is 3. The average Bonchev–Trinajstić information content (AvgIpc) is 2.44. The molecule has 1 unspecified atom stereocenters. The van der Waals surface area contributed by atoms with Crippen molar-refractivity contribution in [3.05, 3.63) is 12.2 Å². The van der Waals surface area contributed by atoms with Crippen molar-refractivity contribution in [3.8, 4) is 0 Å². The molecule has 1 N–H and O–H groups in total. The Balaban J connectivity index is 4.07. The smallest absolute Gasteiger partial charge is 0.331 e. The third kappa shape index (κ3) is 8.67. The van der Waals surface area contributed by atoms with Crippen molar-refractivity contribution < 1.29 is 23.9 Å². The molecule has 2 amide bonds. The van der Waals surface area contributed by atoms with Gasteiger partial charge >= 0.3 is 18.0 Å². The second-order valence-electron chi connectivity index (χ2n) is 4.24. The Bertz CT molecular complexity index is 378. The van der Waals surface area contributed by atoms with Crippen LogP contribution in [0.1, 0.15) is 27.7 Å². The molecule has 0 radical (unpaired) electrons. The van der Waals surface area contributed by atoms with E-state index in [1.807, 2.05) is 13.8 Å². The molecular formula is C14H24N2O5. The van der Waals surface area contributed by atoms with Crippen LogP contribution in [-0.4, -0.2) is 55.2 Å². The molecule has 0 aromatic heterocycles. The van der Waals surface area contributed by atoms with Crippen molar-refractivity contribution in [1.29, 1.82) is 0 Å². The number of carbonyl (C=O) groups is 3. The van der Waals surface area contributed by atoms with Crippen LogP contribution in [0.25, 0.3) is 0 Å². The molecule has 0 aliphatic heterocycles. The Morgan fingerprint density at radius 3 is 2.05 bits per heavy atom. The van der Waals surface area contributed by atoms with Crippen molar-refractivity contribution in [2.45, 2.75) is 33.7 Å². The maximum Gasteiger partial charge on any atom is 0.331 e. The molecule has 0 rings (SSSR count). The predicted octanol–water partition coefficient (Wildman–Crippen LogP) is 1.09. The van der Waals surface area contributed by atoms with Crippen molar-refractivity contribution in [1.82, 2.24) is 10.2 Å². The summed E-state index contributed by atoms with van der Waals surface area (Å²) in [4.78, 5) is 35.7. The molecule has 21 heavy (non-hydrogen) atoms. The van der Waals surface area contributed by atoms with Crippen LogP contribution >= 0.6 is 0 Å². The van der Waals surface area contributed by atoms with Gasteiger partial charge in [-0.25, -0.2) is 14.4 Å². The fourth-order valence-corrected chi connectivity index (χ4v) is 1.44. The molecule has 0 aliphatic rings. The molecule has 120 valence electrons. The fraction of sp³-hybridized carbons (Fsp3) is 0.643. The van der Waals surface area contributed by atoms with Gasteiger partial charge in [-0.15, -0.1) is 0 Å². The summed E-state index contributed by atoms with van der Waals surface area (Å²) in [5, 5.41) is 2.72. The van der Waals surface area contributed by atoms with Crippen LogP contribution < -0.4 is 5.32 Å². The molecule has 7 heteroatoms. The lowest BCUT2D eigenvalue weighted by Gasteiger charge is -2.22. The molecular weight excluding hydrogens is 276 g/mol. The van der Waals surface area contributed by atoms with E-state index in [9.17, 15) is 14.4 Å². The SMILES string of the molecule is CCOC(=O)C=CC(=O)OCC(C)NC(=O)N(CC)CC. The third-order valence-electron chi connectivity index (χ3n) is 2.54. The van der Waals surface area contributed by atoms with E-state index in [4.69, 9.17) is 4.74 Å². The lowest BCUT2D eigenvalue weighted by molar-refractivity contribution is -0.140. The second kappa shape index (κ2) is 10.7. The van der Waals surface area contributed by atoms with Gasteiger partial charge in [-0.3, -0.25) is 0 Å². The van der Waals surface area contributed by atoms with Gasteiger partial charge in [-0.2, -0.15) is 0 Å². The van der Waals surface area contributed by atoms with E-state index >= 15 is 0 Å². The van der Waals surface area contributed by atoms with E-state index in [0.717, 1.165) is 12.2 Å². The second-order valence-corrected chi connectivity index (χ2v) is 4.24. The first-order valence-corrected chi connectivity index (χ1v) is 7.01. The number of nitrogens with zero attached hydrogens (tertiary/aromatic N) is 1. The number of ether oxygens (including phenoxy) is 2. The number of hydrogen-bond donors (Lipinski definition) is 1. The zero-order chi connectivity index (χ0) is 16.3. The minimum absolute atomic E-state index is 0.0268. The number of urea groups is 1. The minimum Gasteiger partial charge on any atom is -0.463 e. The number of amides is 2. The highest BCUT2D eigenvalue weighted by molar-refractivity contribution is 5.91. The average molecular weight is 300 g/mol. The van der Waals surface area contributed by atoms with Gasteiger partial charge in [0.25, 0.3) is 0 Å². The highest BCUT2D eigenvalue weighted by atomic mass is 16.5. The Hall–Kier alpha value is -2.05.